The number of carbonyl (C=O) groups is 1. The number of hydrogen-bond donors (Lipinski definition) is 3. The molecular formula is C7H14N2O2. The highest BCUT2D eigenvalue weighted by Crippen LogP contribution is 2.07. The Bertz CT molecular complexity index is 149. The number of carbonyl (C=O) groups excluding carboxylic acids is 1. The van der Waals surface area contributed by atoms with E-state index in [2.05, 4.69) is 10.6 Å². The zero-order chi connectivity index (χ0) is 8.27. The number of rotatable bonds is 2. The maximum absolute atomic E-state index is 10.6. The predicted molar refractivity (Wildman–Crippen MR) is 41.1 cm³/mol. The summed E-state index contributed by atoms with van der Waals surface area (Å²) in [4.78, 5) is 10.6. The molecule has 0 aromatic rings. The van der Waals surface area contributed by atoms with Crippen LogP contribution in [0.2, 0.25) is 0 Å². The Morgan fingerprint density at radius 1 is 1.73 bits per heavy atom. The molecule has 1 heterocycles. The van der Waals surface area contributed by atoms with Gasteiger partial charge in [0.2, 0.25) is 5.91 Å². The smallest absolute Gasteiger partial charge is 0.217 e. The third-order valence-electron chi connectivity index (χ3n) is 1.96. The number of aliphatic hydroxyl groups excluding tert-OH is 1. The molecule has 1 saturated heterocycles. The first-order valence-electron chi connectivity index (χ1n) is 3.82. The summed E-state index contributed by atoms with van der Waals surface area (Å²) in [5.41, 5.74) is 0. The summed E-state index contributed by atoms with van der Waals surface area (Å²) in [7, 11) is 0. The topological polar surface area (TPSA) is 61.4 Å². The van der Waals surface area contributed by atoms with Crippen molar-refractivity contribution < 1.29 is 9.90 Å². The highest BCUT2D eigenvalue weighted by Gasteiger charge is 2.26. The van der Waals surface area contributed by atoms with Crippen LogP contribution in [0.15, 0.2) is 0 Å². The van der Waals surface area contributed by atoms with Gasteiger partial charge in [-0.15, -0.1) is 0 Å². The minimum absolute atomic E-state index is 0.0304. The van der Waals surface area contributed by atoms with Crippen LogP contribution in [0, 0.1) is 5.92 Å². The molecule has 2 unspecified atom stereocenters. The zero-order valence-corrected chi connectivity index (χ0v) is 6.63. The summed E-state index contributed by atoms with van der Waals surface area (Å²) in [6, 6.07) is 0.109. The van der Waals surface area contributed by atoms with Crippen LogP contribution in [0.4, 0.5) is 0 Å². The van der Waals surface area contributed by atoms with Crippen molar-refractivity contribution in [2.24, 2.45) is 5.92 Å². The molecule has 0 saturated carbocycles. The van der Waals surface area contributed by atoms with Gasteiger partial charge in [-0.1, -0.05) is 0 Å². The van der Waals surface area contributed by atoms with Crippen LogP contribution in [-0.2, 0) is 4.79 Å². The molecule has 4 nitrogen and oxygen atoms in total. The summed E-state index contributed by atoms with van der Waals surface area (Å²) < 4.78 is 0. The van der Waals surface area contributed by atoms with Gasteiger partial charge in [0.05, 0.1) is 0 Å². The van der Waals surface area contributed by atoms with Gasteiger partial charge in [-0.2, -0.15) is 0 Å². The van der Waals surface area contributed by atoms with Gasteiger partial charge < -0.3 is 15.7 Å². The van der Waals surface area contributed by atoms with E-state index in [-0.39, 0.29) is 24.5 Å². The van der Waals surface area contributed by atoms with Gasteiger partial charge in [0.15, 0.2) is 0 Å². The molecule has 11 heavy (non-hydrogen) atoms. The molecule has 4 heteroatoms. The van der Waals surface area contributed by atoms with Gasteiger partial charge in [0.1, 0.15) is 0 Å². The van der Waals surface area contributed by atoms with Gasteiger partial charge >= 0.3 is 0 Å². The average Bonchev–Trinajstić information content (AvgIpc) is 2.34. The van der Waals surface area contributed by atoms with Gasteiger partial charge in [0, 0.05) is 38.6 Å². The molecule has 3 N–H and O–H groups in total. The molecule has 0 aromatic carbocycles. The van der Waals surface area contributed by atoms with Crippen molar-refractivity contribution in [3.8, 4) is 0 Å². The number of amides is 1. The molecule has 64 valence electrons. The highest BCUT2D eigenvalue weighted by molar-refractivity contribution is 5.73. The van der Waals surface area contributed by atoms with Crippen LogP contribution >= 0.6 is 0 Å². The van der Waals surface area contributed by atoms with Gasteiger partial charge in [0.25, 0.3) is 0 Å². The lowest BCUT2D eigenvalue weighted by atomic mass is 10.1. The SMILES string of the molecule is CC(=O)NC1CNCC1CO. The molecule has 2 atom stereocenters. The van der Waals surface area contributed by atoms with Crippen molar-refractivity contribution >= 4 is 5.91 Å². The standard InChI is InChI=1S/C7H14N2O2/c1-5(11)9-7-3-8-2-6(7)4-10/h6-8,10H,2-4H2,1H3,(H,9,11). The molecule has 1 aliphatic heterocycles. The maximum Gasteiger partial charge on any atom is 0.217 e. The first-order chi connectivity index (χ1) is 5.24. The Kier molecular flexibility index (Phi) is 2.84. The minimum atomic E-state index is -0.0304. The molecule has 0 radical (unpaired) electrons. The molecule has 0 aliphatic carbocycles. The summed E-state index contributed by atoms with van der Waals surface area (Å²) in [6.07, 6.45) is 0. The second-order valence-corrected chi connectivity index (χ2v) is 2.91. The Morgan fingerprint density at radius 2 is 2.45 bits per heavy atom. The Balaban J connectivity index is 2.37. The van der Waals surface area contributed by atoms with E-state index in [4.69, 9.17) is 5.11 Å². The van der Waals surface area contributed by atoms with Crippen molar-refractivity contribution in [1.82, 2.24) is 10.6 Å². The Labute approximate surface area is 66.0 Å². The minimum Gasteiger partial charge on any atom is -0.396 e. The fraction of sp³-hybridized carbons (Fsp3) is 0.857. The fourth-order valence-corrected chi connectivity index (χ4v) is 1.35. The normalized spacial score (nSPS) is 30.4. The highest BCUT2D eigenvalue weighted by atomic mass is 16.3. The van der Waals surface area contributed by atoms with Crippen molar-refractivity contribution in [1.29, 1.82) is 0 Å². The molecule has 0 spiro atoms. The molecule has 1 rings (SSSR count). The molecule has 0 aromatic heterocycles. The van der Waals surface area contributed by atoms with E-state index in [1.807, 2.05) is 0 Å². The predicted octanol–water partition coefficient (Wildman–Crippen LogP) is -1.30. The summed E-state index contributed by atoms with van der Waals surface area (Å²) in [5.74, 6) is 0.149. The van der Waals surface area contributed by atoms with E-state index in [0.29, 0.717) is 0 Å². The van der Waals surface area contributed by atoms with Crippen LogP contribution in [0.5, 0.6) is 0 Å². The first kappa shape index (κ1) is 8.49. The second-order valence-electron chi connectivity index (χ2n) is 2.91. The Morgan fingerprint density at radius 3 is 3.00 bits per heavy atom. The number of aliphatic hydroxyl groups is 1. The van der Waals surface area contributed by atoms with Gasteiger partial charge in [-0.05, 0) is 0 Å². The third-order valence-corrected chi connectivity index (χ3v) is 1.96. The monoisotopic (exact) mass is 158 g/mol. The lowest BCUT2D eigenvalue weighted by Crippen LogP contribution is -2.40. The summed E-state index contributed by atoms with van der Waals surface area (Å²) >= 11 is 0. The lowest BCUT2D eigenvalue weighted by molar-refractivity contribution is -0.119. The van der Waals surface area contributed by atoms with Gasteiger partial charge in [-0.3, -0.25) is 4.79 Å². The average molecular weight is 158 g/mol. The van der Waals surface area contributed by atoms with Gasteiger partial charge in [-0.25, -0.2) is 0 Å². The van der Waals surface area contributed by atoms with Crippen molar-refractivity contribution in [2.45, 2.75) is 13.0 Å². The van der Waals surface area contributed by atoms with E-state index < -0.39 is 0 Å². The Hall–Kier alpha value is -0.610. The number of nitrogens with one attached hydrogen (secondary N) is 2. The van der Waals surface area contributed by atoms with E-state index >= 15 is 0 Å². The van der Waals surface area contributed by atoms with Crippen molar-refractivity contribution in [3.63, 3.8) is 0 Å². The van der Waals surface area contributed by atoms with Crippen molar-refractivity contribution in [2.75, 3.05) is 19.7 Å². The van der Waals surface area contributed by atoms with E-state index in [1.165, 1.54) is 6.92 Å². The van der Waals surface area contributed by atoms with E-state index in [0.717, 1.165) is 13.1 Å². The fourth-order valence-electron chi connectivity index (χ4n) is 1.35. The summed E-state index contributed by atoms with van der Waals surface area (Å²) in [6.45, 7) is 3.19. The van der Waals surface area contributed by atoms with Crippen LogP contribution in [0.3, 0.4) is 0 Å². The molecule has 1 amide bonds. The lowest BCUT2D eigenvalue weighted by Gasteiger charge is -2.16. The summed E-state index contributed by atoms with van der Waals surface area (Å²) in [5, 5.41) is 14.7. The first-order valence-corrected chi connectivity index (χ1v) is 3.82. The van der Waals surface area contributed by atoms with Crippen LogP contribution < -0.4 is 10.6 Å². The van der Waals surface area contributed by atoms with Crippen LogP contribution in [0.25, 0.3) is 0 Å². The van der Waals surface area contributed by atoms with E-state index in [9.17, 15) is 4.79 Å². The second kappa shape index (κ2) is 3.69. The van der Waals surface area contributed by atoms with Crippen LogP contribution in [-0.4, -0.2) is 36.8 Å². The zero-order valence-electron chi connectivity index (χ0n) is 6.63. The molecule has 1 aliphatic rings. The number of hydrogen-bond acceptors (Lipinski definition) is 3. The maximum atomic E-state index is 10.6. The third kappa shape index (κ3) is 2.17. The van der Waals surface area contributed by atoms with Crippen molar-refractivity contribution in [3.05, 3.63) is 0 Å². The molecule has 1 fully saturated rings. The molecular weight excluding hydrogens is 144 g/mol. The largest absolute Gasteiger partial charge is 0.396 e. The molecule has 0 bridgehead atoms. The quantitative estimate of drug-likeness (QED) is 0.468. The van der Waals surface area contributed by atoms with E-state index in [1.54, 1.807) is 0 Å². The van der Waals surface area contributed by atoms with Crippen LogP contribution in [0.1, 0.15) is 6.92 Å².